The maximum atomic E-state index is 2.84. The van der Waals surface area contributed by atoms with Gasteiger partial charge in [-0.3, -0.25) is 0 Å². The average molecular weight is 1080 g/mol. The molecule has 3 nitrogen and oxygen atoms in total. The van der Waals surface area contributed by atoms with Crippen molar-refractivity contribution in [3.05, 3.63) is 244 Å². The summed E-state index contributed by atoms with van der Waals surface area (Å²) in [6, 6.07) is 76.7. The smallest absolute Gasteiger partial charge is 0.253 e. The van der Waals surface area contributed by atoms with E-state index in [-0.39, 0.29) is 39.3 Å². The second-order valence-corrected chi connectivity index (χ2v) is 29.7. The van der Waals surface area contributed by atoms with Gasteiger partial charge in [0.2, 0.25) is 0 Å². The van der Waals surface area contributed by atoms with E-state index in [0.29, 0.717) is 0 Å². The Balaban J connectivity index is 1.17. The van der Waals surface area contributed by atoms with Gasteiger partial charge in [0, 0.05) is 50.9 Å². The molecule has 1 fully saturated rings. The van der Waals surface area contributed by atoms with Gasteiger partial charge < -0.3 is 14.7 Å². The van der Waals surface area contributed by atoms with Crippen molar-refractivity contribution in [2.75, 3.05) is 14.7 Å². The van der Waals surface area contributed by atoms with E-state index in [1.807, 2.05) is 0 Å². The number of anilines is 8. The highest BCUT2D eigenvalue weighted by Gasteiger charge is 2.60. The van der Waals surface area contributed by atoms with Crippen LogP contribution in [-0.2, 0) is 32.5 Å². The lowest BCUT2D eigenvalue weighted by Gasteiger charge is -2.54. The van der Waals surface area contributed by atoms with E-state index in [1.54, 1.807) is 0 Å². The van der Waals surface area contributed by atoms with Gasteiger partial charge in [0.25, 0.3) is 6.71 Å². The zero-order valence-electron chi connectivity index (χ0n) is 51.7. The fourth-order valence-corrected chi connectivity index (χ4v) is 15.9. The predicted molar refractivity (Wildman–Crippen MR) is 355 cm³/mol. The number of nitrogens with zero attached hydrogens (tertiary/aromatic N) is 3. The summed E-state index contributed by atoms with van der Waals surface area (Å²) in [5.41, 5.74) is 27.5. The molecule has 416 valence electrons. The van der Waals surface area contributed by atoms with Crippen molar-refractivity contribution in [1.82, 2.24) is 0 Å². The van der Waals surface area contributed by atoms with Gasteiger partial charge in [-0.2, -0.15) is 0 Å². The van der Waals surface area contributed by atoms with E-state index < -0.39 is 5.41 Å². The normalized spacial score (nSPS) is 19.3. The van der Waals surface area contributed by atoms with E-state index in [2.05, 4.69) is 306 Å². The van der Waals surface area contributed by atoms with Crippen LogP contribution in [0.25, 0.3) is 11.1 Å². The van der Waals surface area contributed by atoms with Crippen LogP contribution in [0.5, 0.6) is 0 Å². The molecule has 5 aliphatic rings. The van der Waals surface area contributed by atoms with Crippen molar-refractivity contribution in [3.63, 3.8) is 0 Å². The molecule has 0 spiro atoms. The molecular weight excluding hydrogens is 1000 g/mol. The van der Waals surface area contributed by atoms with Crippen molar-refractivity contribution < 1.29 is 0 Å². The molecular formula is C79H82BN3. The molecule has 1 saturated carbocycles. The lowest BCUT2D eigenvalue weighted by atomic mass is 9.27. The van der Waals surface area contributed by atoms with Crippen molar-refractivity contribution in [2.45, 2.75) is 161 Å². The molecule has 9 aromatic carbocycles. The van der Waals surface area contributed by atoms with Crippen LogP contribution >= 0.6 is 0 Å². The molecule has 0 amide bonds. The molecule has 4 aliphatic heterocycles. The fourth-order valence-electron chi connectivity index (χ4n) is 15.9. The third-order valence-electron chi connectivity index (χ3n) is 20.7. The Morgan fingerprint density at radius 3 is 1.22 bits per heavy atom. The Hall–Kier alpha value is -7.56. The van der Waals surface area contributed by atoms with Gasteiger partial charge >= 0.3 is 0 Å². The first-order chi connectivity index (χ1) is 39.4. The molecule has 83 heavy (non-hydrogen) atoms. The number of hydrogen-bond acceptors (Lipinski definition) is 3. The Kier molecular flexibility index (Phi) is 11.7. The number of hydrogen-bond donors (Lipinski definition) is 0. The van der Waals surface area contributed by atoms with Gasteiger partial charge in [0.15, 0.2) is 0 Å². The minimum Gasteiger partial charge on any atom is -0.334 e. The minimum absolute atomic E-state index is 0.0123. The quantitative estimate of drug-likeness (QED) is 0.154. The second-order valence-electron chi connectivity index (χ2n) is 29.7. The lowest BCUT2D eigenvalue weighted by Crippen LogP contribution is -2.68. The zero-order chi connectivity index (χ0) is 58.0. The zero-order valence-corrected chi connectivity index (χ0v) is 51.7. The SMILES string of the molecule is CC(C)(C)c1ccc(N2c3cc(N4c5ccc(-c6ccccc6)cc5C5(C)CCCCC45C)cc4c3B3c5c2cc(C(C)(C)C)cc5C(c2ccccc2)(c2ccccc2)c2cc(C(C)(C)C)cc(c23)N4c2ccc(C(C)(C)C)cc2)cc1. The largest absolute Gasteiger partial charge is 0.334 e. The monoisotopic (exact) mass is 1080 g/mol. The van der Waals surface area contributed by atoms with E-state index >= 15 is 0 Å². The van der Waals surface area contributed by atoms with Crippen LogP contribution in [0.15, 0.2) is 194 Å². The molecule has 0 radical (unpaired) electrons. The molecule has 2 atom stereocenters. The third-order valence-corrected chi connectivity index (χ3v) is 20.7. The van der Waals surface area contributed by atoms with Crippen LogP contribution < -0.4 is 31.1 Å². The van der Waals surface area contributed by atoms with Crippen molar-refractivity contribution >= 4 is 68.6 Å². The first-order valence-corrected chi connectivity index (χ1v) is 30.9. The maximum absolute atomic E-state index is 2.84. The highest BCUT2D eigenvalue weighted by Crippen LogP contribution is 2.63. The third kappa shape index (κ3) is 7.83. The second kappa shape index (κ2) is 18.2. The predicted octanol–water partition coefficient (Wildman–Crippen LogP) is 19.1. The summed E-state index contributed by atoms with van der Waals surface area (Å²) in [4.78, 5) is 8.28. The van der Waals surface area contributed by atoms with Gasteiger partial charge in [-0.25, -0.2) is 0 Å². The van der Waals surface area contributed by atoms with E-state index in [9.17, 15) is 0 Å². The molecule has 1 aliphatic carbocycles. The lowest BCUT2D eigenvalue weighted by molar-refractivity contribution is 0.195. The van der Waals surface area contributed by atoms with E-state index in [4.69, 9.17) is 0 Å². The van der Waals surface area contributed by atoms with Gasteiger partial charge in [0.05, 0.1) is 11.0 Å². The summed E-state index contributed by atoms with van der Waals surface area (Å²) in [5, 5.41) is 0. The molecule has 14 rings (SSSR count). The number of fused-ring (bicyclic) bond motifs is 3. The van der Waals surface area contributed by atoms with Crippen molar-refractivity contribution in [1.29, 1.82) is 0 Å². The summed E-state index contributed by atoms with van der Waals surface area (Å²) in [7, 11) is 0. The summed E-state index contributed by atoms with van der Waals surface area (Å²) >= 11 is 0. The first kappa shape index (κ1) is 53.5. The number of benzene rings is 9. The van der Waals surface area contributed by atoms with Crippen LogP contribution in [0.3, 0.4) is 0 Å². The molecule has 4 heterocycles. The number of rotatable bonds is 6. The van der Waals surface area contributed by atoms with Gasteiger partial charge in [-0.05, 0) is 180 Å². The Morgan fingerprint density at radius 2 is 0.771 bits per heavy atom. The summed E-state index contributed by atoms with van der Waals surface area (Å²) in [6.45, 7) is 33.6. The Bertz CT molecular complexity index is 3840. The van der Waals surface area contributed by atoms with Crippen LogP contribution in [0, 0.1) is 0 Å². The molecule has 0 saturated heterocycles. The molecule has 0 bridgehead atoms. The molecule has 9 aromatic rings. The van der Waals surface area contributed by atoms with Gasteiger partial charge in [0.1, 0.15) is 0 Å². The van der Waals surface area contributed by atoms with Crippen LogP contribution in [0.1, 0.15) is 173 Å². The van der Waals surface area contributed by atoms with Gasteiger partial charge in [-0.1, -0.05) is 236 Å². The molecule has 4 heteroatoms. The Labute approximate surface area is 496 Å². The summed E-state index contributed by atoms with van der Waals surface area (Å²) in [5.74, 6) is 0. The van der Waals surface area contributed by atoms with Crippen LogP contribution in [0.2, 0.25) is 0 Å². The first-order valence-electron chi connectivity index (χ1n) is 30.9. The van der Waals surface area contributed by atoms with Crippen LogP contribution in [0.4, 0.5) is 45.5 Å². The minimum atomic E-state index is -0.688. The molecule has 2 unspecified atom stereocenters. The average Bonchev–Trinajstić information content (AvgIpc) is 0.850. The summed E-state index contributed by atoms with van der Waals surface area (Å²) < 4.78 is 0. The fraction of sp³-hybridized carbons (Fsp3) is 0.316. The topological polar surface area (TPSA) is 9.72 Å². The summed E-state index contributed by atoms with van der Waals surface area (Å²) in [6.07, 6.45) is 4.67. The van der Waals surface area contributed by atoms with Gasteiger partial charge in [-0.15, -0.1) is 0 Å². The van der Waals surface area contributed by atoms with E-state index in [1.165, 1.54) is 136 Å². The van der Waals surface area contributed by atoms with Crippen LogP contribution in [-0.4, -0.2) is 12.3 Å². The maximum Gasteiger partial charge on any atom is 0.253 e. The molecule has 0 N–H and O–H groups in total. The van der Waals surface area contributed by atoms with E-state index in [0.717, 1.165) is 12.8 Å². The highest BCUT2D eigenvalue weighted by atomic mass is 15.3. The molecule has 0 aromatic heterocycles. The van der Waals surface area contributed by atoms with Crippen molar-refractivity contribution in [2.24, 2.45) is 0 Å². The Morgan fingerprint density at radius 1 is 0.349 bits per heavy atom. The highest BCUT2D eigenvalue weighted by molar-refractivity contribution is 7.01. The van der Waals surface area contributed by atoms with Crippen molar-refractivity contribution in [3.8, 4) is 11.1 Å². The standard InChI is InChI=1S/C79H82BN3/c1-73(2,3)53-33-37-59(38-34-53)81-66-47-57(75(7,8)9)45-63-70(66)80-71-64(79(63,55-28-20-16-21-29-55)56-30-22-17-23-31-56)46-58(76(10,11)12)48-67(71)82(60-39-35-54(36-40-60)74(4,5)6)69-50-61(49-68(81)72(69)80)83-65-41-32-52(51-26-18-15-19-27-51)44-62(65)77(13)42-24-25-43-78(77,83)14/h15-23,26-41,44-50H,24-25,42-43H2,1-14H3.